The third kappa shape index (κ3) is 4.48. The van der Waals surface area contributed by atoms with Crippen LogP contribution < -0.4 is 5.32 Å². The first-order valence-electron chi connectivity index (χ1n) is 6.53. The Hall–Kier alpha value is -1.63. The zero-order valence-corrected chi connectivity index (χ0v) is 13.0. The molecule has 0 saturated carbocycles. The van der Waals surface area contributed by atoms with E-state index in [0.29, 0.717) is 18.9 Å². The number of rotatable bonds is 6. The molecule has 2 amide bonds. The molecule has 0 aliphatic carbocycles. The first-order valence-corrected chi connectivity index (χ1v) is 7.41. The van der Waals surface area contributed by atoms with Crippen LogP contribution in [-0.2, 0) is 11.3 Å². The lowest BCUT2D eigenvalue weighted by atomic mass is 10.2. The van der Waals surface area contributed by atoms with Crippen molar-refractivity contribution in [1.29, 1.82) is 0 Å². The summed E-state index contributed by atoms with van der Waals surface area (Å²) >= 11 is 1.57. The van der Waals surface area contributed by atoms with Gasteiger partial charge >= 0.3 is 12.0 Å². The Morgan fingerprint density at radius 2 is 2.15 bits per heavy atom. The molecule has 0 aliphatic heterocycles. The molecule has 1 heterocycles. The fourth-order valence-electron chi connectivity index (χ4n) is 1.57. The van der Waals surface area contributed by atoms with Crippen LogP contribution in [-0.4, -0.2) is 40.1 Å². The van der Waals surface area contributed by atoms with Crippen LogP contribution in [0.25, 0.3) is 0 Å². The monoisotopic (exact) mass is 299 g/mol. The van der Waals surface area contributed by atoms with Crippen molar-refractivity contribution in [2.75, 3.05) is 7.05 Å². The molecule has 1 aromatic rings. The van der Waals surface area contributed by atoms with Crippen LogP contribution in [0.4, 0.5) is 4.79 Å². The summed E-state index contributed by atoms with van der Waals surface area (Å²) in [5, 5.41) is 14.4. The van der Waals surface area contributed by atoms with Crippen LogP contribution in [0.3, 0.4) is 0 Å². The van der Waals surface area contributed by atoms with Crippen LogP contribution in [0, 0.1) is 0 Å². The van der Waals surface area contributed by atoms with E-state index in [2.05, 4.69) is 24.1 Å². The molecule has 0 unspecified atom stereocenters. The minimum Gasteiger partial charge on any atom is -0.480 e. The lowest BCUT2D eigenvalue weighted by Gasteiger charge is -2.19. The van der Waals surface area contributed by atoms with E-state index in [0.717, 1.165) is 10.7 Å². The van der Waals surface area contributed by atoms with Gasteiger partial charge < -0.3 is 15.3 Å². The first kappa shape index (κ1) is 16.4. The minimum absolute atomic E-state index is 0.350. The zero-order valence-electron chi connectivity index (χ0n) is 12.2. The molecule has 1 rings (SSSR count). The number of carbonyl (C=O) groups is 2. The molecule has 1 aromatic heterocycles. The van der Waals surface area contributed by atoms with Crippen molar-refractivity contribution in [3.05, 3.63) is 16.1 Å². The molecule has 0 aliphatic rings. The van der Waals surface area contributed by atoms with Gasteiger partial charge in [-0.05, 0) is 6.42 Å². The van der Waals surface area contributed by atoms with Crippen LogP contribution in [0.1, 0.15) is 43.8 Å². The average molecular weight is 299 g/mol. The Bertz CT molecular complexity index is 473. The van der Waals surface area contributed by atoms with Gasteiger partial charge in [0, 0.05) is 18.3 Å². The van der Waals surface area contributed by atoms with Gasteiger partial charge in [-0.15, -0.1) is 11.3 Å². The van der Waals surface area contributed by atoms with Gasteiger partial charge in [0.05, 0.1) is 17.2 Å². The fourth-order valence-corrected chi connectivity index (χ4v) is 2.40. The van der Waals surface area contributed by atoms with E-state index in [1.807, 2.05) is 5.38 Å². The predicted octanol–water partition coefficient (Wildman–Crippen LogP) is 2.27. The molecular formula is C13H21N3O3S. The van der Waals surface area contributed by atoms with Crippen LogP contribution in [0.5, 0.6) is 0 Å². The number of amides is 2. The first-order chi connectivity index (χ1) is 9.35. The number of nitrogens with zero attached hydrogens (tertiary/aromatic N) is 2. The molecule has 6 nitrogen and oxygen atoms in total. The summed E-state index contributed by atoms with van der Waals surface area (Å²) in [5.74, 6) is -0.658. The van der Waals surface area contributed by atoms with E-state index >= 15 is 0 Å². The number of carbonyl (C=O) groups excluding carboxylic acids is 1. The summed E-state index contributed by atoms with van der Waals surface area (Å²) in [5.41, 5.74) is 0.819. The SMILES string of the molecule is CC[C@H](NC(=O)N(C)Cc1csc(C(C)C)n1)C(=O)O. The Balaban J connectivity index is 2.58. The number of nitrogens with one attached hydrogen (secondary N) is 1. The van der Waals surface area contributed by atoms with E-state index in [-0.39, 0.29) is 0 Å². The maximum Gasteiger partial charge on any atom is 0.326 e. The summed E-state index contributed by atoms with van der Waals surface area (Å²) in [6.07, 6.45) is 0.350. The molecule has 1 atom stereocenters. The Labute approximate surface area is 122 Å². The fraction of sp³-hybridized carbons (Fsp3) is 0.615. The van der Waals surface area contributed by atoms with Gasteiger partial charge in [-0.3, -0.25) is 0 Å². The summed E-state index contributed by atoms with van der Waals surface area (Å²) in [4.78, 5) is 28.7. The largest absolute Gasteiger partial charge is 0.480 e. The third-order valence-corrected chi connectivity index (χ3v) is 4.01. The van der Waals surface area contributed by atoms with Gasteiger partial charge in [0.2, 0.25) is 0 Å². The second-order valence-corrected chi connectivity index (χ2v) is 5.83. The molecule has 0 spiro atoms. The molecule has 0 radical (unpaired) electrons. The Morgan fingerprint density at radius 3 is 2.60 bits per heavy atom. The number of urea groups is 1. The Kier molecular flexibility index (Phi) is 5.94. The van der Waals surface area contributed by atoms with Crippen molar-refractivity contribution in [3.8, 4) is 0 Å². The summed E-state index contributed by atoms with van der Waals surface area (Å²) in [6.45, 7) is 6.22. The van der Waals surface area contributed by atoms with Crippen molar-refractivity contribution in [2.24, 2.45) is 0 Å². The molecular weight excluding hydrogens is 278 g/mol. The van der Waals surface area contributed by atoms with Crippen LogP contribution in [0.2, 0.25) is 0 Å². The van der Waals surface area contributed by atoms with Gasteiger partial charge in [0.15, 0.2) is 0 Å². The molecule has 0 saturated heterocycles. The number of hydrogen-bond donors (Lipinski definition) is 2. The van der Waals surface area contributed by atoms with E-state index in [1.54, 1.807) is 25.3 Å². The lowest BCUT2D eigenvalue weighted by Crippen LogP contribution is -2.46. The number of thiazole rings is 1. The molecule has 20 heavy (non-hydrogen) atoms. The molecule has 0 bridgehead atoms. The number of carboxylic acid groups (broad SMARTS) is 1. The normalized spacial score (nSPS) is 12.2. The predicted molar refractivity (Wildman–Crippen MR) is 77.9 cm³/mol. The van der Waals surface area contributed by atoms with Crippen molar-refractivity contribution >= 4 is 23.3 Å². The van der Waals surface area contributed by atoms with Crippen LogP contribution in [0.15, 0.2) is 5.38 Å². The maximum absolute atomic E-state index is 11.9. The number of carboxylic acids is 1. The topological polar surface area (TPSA) is 82.5 Å². The van der Waals surface area contributed by atoms with Gasteiger partial charge in [-0.1, -0.05) is 20.8 Å². The van der Waals surface area contributed by atoms with Crippen molar-refractivity contribution in [1.82, 2.24) is 15.2 Å². The highest BCUT2D eigenvalue weighted by atomic mass is 32.1. The third-order valence-electron chi connectivity index (χ3n) is 2.81. The molecule has 0 aromatic carbocycles. The maximum atomic E-state index is 11.9. The smallest absolute Gasteiger partial charge is 0.326 e. The minimum atomic E-state index is -1.02. The van der Waals surface area contributed by atoms with Gasteiger partial charge in [-0.2, -0.15) is 0 Å². The number of aromatic nitrogens is 1. The average Bonchev–Trinajstić information content (AvgIpc) is 2.83. The van der Waals surface area contributed by atoms with Crippen molar-refractivity contribution in [3.63, 3.8) is 0 Å². The van der Waals surface area contributed by atoms with E-state index < -0.39 is 18.0 Å². The Morgan fingerprint density at radius 1 is 1.50 bits per heavy atom. The summed E-state index contributed by atoms with van der Waals surface area (Å²) in [6, 6.07) is -1.26. The van der Waals surface area contributed by atoms with Gasteiger partial charge in [0.1, 0.15) is 6.04 Å². The van der Waals surface area contributed by atoms with E-state index in [1.165, 1.54) is 4.90 Å². The second-order valence-electron chi connectivity index (χ2n) is 4.94. The highest BCUT2D eigenvalue weighted by Crippen LogP contribution is 2.19. The van der Waals surface area contributed by atoms with Gasteiger partial charge in [0.25, 0.3) is 0 Å². The molecule has 0 fully saturated rings. The lowest BCUT2D eigenvalue weighted by molar-refractivity contribution is -0.139. The number of hydrogen-bond acceptors (Lipinski definition) is 4. The summed E-state index contributed by atoms with van der Waals surface area (Å²) in [7, 11) is 1.62. The van der Waals surface area contributed by atoms with E-state index in [4.69, 9.17) is 5.11 Å². The standard InChI is InChI=1S/C13H21N3O3S/c1-5-10(12(17)18)15-13(19)16(4)6-9-7-20-11(14-9)8(2)3/h7-8,10H,5-6H2,1-4H3,(H,15,19)(H,17,18)/t10-/m0/s1. The zero-order chi connectivity index (χ0) is 15.3. The number of aliphatic carboxylic acids is 1. The quantitative estimate of drug-likeness (QED) is 0.844. The highest BCUT2D eigenvalue weighted by molar-refractivity contribution is 7.09. The second kappa shape index (κ2) is 7.23. The highest BCUT2D eigenvalue weighted by Gasteiger charge is 2.20. The molecule has 112 valence electrons. The van der Waals surface area contributed by atoms with Crippen molar-refractivity contribution < 1.29 is 14.7 Å². The summed E-state index contributed by atoms with van der Waals surface area (Å²) < 4.78 is 0. The van der Waals surface area contributed by atoms with E-state index in [9.17, 15) is 9.59 Å². The molecule has 2 N–H and O–H groups in total. The van der Waals surface area contributed by atoms with Crippen molar-refractivity contribution in [2.45, 2.75) is 45.7 Å². The molecule has 7 heteroatoms. The van der Waals surface area contributed by atoms with Crippen LogP contribution >= 0.6 is 11.3 Å². The van der Waals surface area contributed by atoms with Gasteiger partial charge in [-0.25, -0.2) is 14.6 Å².